The lowest BCUT2D eigenvalue weighted by Crippen LogP contribution is -2.29. The molecule has 1 aromatic heterocycles. The number of pyridine rings is 1. The van der Waals surface area contributed by atoms with E-state index < -0.39 is 12.1 Å². The number of rotatable bonds is 2. The van der Waals surface area contributed by atoms with Crippen LogP contribution in [0.5, 0.6) is 5.75 Å². The smallest absolute Gasteiger partial charge is 0.490 e. The Hall–Kier alpha value is -3.85. The quantitative estimate of drug-likeness (QED) is 0.457. The molecule has 1 aliphatic rings. The maximum atomic E-state index is 12.4. The maximum absolute atomic E-state index is 12.4. The molecule has 0 saturated carbocycles. The van der Waals surface area contributed by atoms with Crippen molar-refractivity contribution in [2.45, 2.75) is 19.6 Å². The van der Waals surface area contributed by atoms with Gasteiger partial charge in [0.2, 0.25) is 5.91 Å². The first-order valence-corrected chi connectivity index (χ1v) is 10.6. The zero-order chi connectivity index (χ0) is 25.8. The van der Waals surface area contributed by atoms with Crippen LogP contribution in [0.15, 0.2) is 54.9 Å². The van der Waals surface area contributed by atoms with Gasteiger partial charge in [0.15, 0.2) is 0 Å². The lowest BCUT2D eigenvalue weighted by atomic mass is 9.95. The summed E-state index contributed by atoms with van der Waals surface area (Å²) in [5, 5.41) is 7.76. The van der Waals surface area contributed by atoms with E-state index in [1.54, 1.807) is 31.3 Å². The fourth-order valence-corrected chi connectivity index (χ4v) is 3.66. The highest BCUT2D eigenvalue weighted by molar-refractivity contribution is 6.30. The number of methoxy groups -OCH3 is 1. The number of ether oxygens (including phenoxy) is 1. The Morgan fingerprint density at radius 3 is 2.26 bits per heavy atom. The highest BCUT2D eigenvalue weighted by Gasteiger charge is 2.38. The van der Waals surface area contributed by atoms with Crippen molar-refractivity contribution in [2.75, 3.05) is 12.0 Å². The number of benzene rings is 2. The molecule has 0 spiro atoms. The van der Waals surface area contributed by atoms with Gasteiger partial charge in [-0.25, -0.2) is 4.79 Å². The van der Waals surface area contributed by atoms with E-state index in [9.17, 15) is 18.0 Å². The number of halogens is 4. The third-order valence-corrected chi connectivity index (χ3v) is 5.36. The Morgan fingerprint density at radius 2 is 1.69 bits per heavy atom. The summed E-state index contributed by atoms with van der Waals surface area (Å²) in [4.78, 5) is 27.2. The number of aromatic nitrogens is 1. The van der Waals surface area contributed by atoms with E-state index in [1.165, 1.54) is 0 Å². The van der Waals surface area contributed by atoms with Crippen LogP contribution in [0.1, 0.15) is 23.6 Å². The zero-order valence-electron chi connectivity index (χ0n) is 18.6. The third kappa shape index (κ3) is 6.19. The van der Waals surface area contributed by atoms with Crippen LogP contribution in [-0.4, -0.2) is 35.3 Å². The van der Waals surface area contributed by atoms with Crippen molar-refractivity contribution in [3.8, 4) is 16.9 Å². The molecule has 2 aromatic carbocycles. The van der Waals surface area contributed by atoms with Crippen LogP contribution in [0.25, 0.3) is 23.3 Å². The van der Waals surface area contributed by atoms with E-state index in [2.05, 4.69) is 11.1 Å². The molecule has 0 aliphatic carbocycles. The molecule has 0 unspecified atom stereocenters. The van der Waals surface area contributed by atoms with Gasteiger partial charge in [-0.1, -0.05) is 23.8 Å². The molecule has 182 valence electrons. The number of carbonyl (C=O) groups is 2. The molecular formula is C25H20ClF3N2O4. The number of carbonyl (C=O) groups excluding carboxylic acids is 1. The molecule has 4 rings (SSSR count). The molecule has 1 aliphatic heterocycles. The van der Waals surface area contributed by atoms with Crippen LogP contribution >= 0.6 is 11.6 Å². The number of hydrogen-bond acceptors (Lipinski definition) is 4. The van der Waals surface area contributed by atoms with Crippen LogP contribution < -0.4 is 9.64 Å². The number of nitrogens with zero attached hydrogens (tertiary/aromatic N) is 2. The minimum Gasteiger partial charge on any atom is -0.496 e. The highest BCUT2D eigenvalue weighted by Crippen LogP contribution is 2.37. The molecule has 0 bridgehead atoms. The molecule has 10 heteroatoms. The Morgan fingerprint density at radius 1 is 1.06 bits per heavy atom. The summed E-state index contributed by atoms with van der Waals surface area (Å²) in [5.41, 5.74) is 5.79. The van der Waals surface area contributed by atoms with Gasteiger partial charge in [-0.05, 0) is 64.7 Å². The Labute approximate surface area is 204 Å². The van der Waals surface area contributed by atoms with Crippen LogP contribution in [0.4, 0.5) is 18.9 Å². The second-order valence-electron chi connectivity index (χ2n) is 7.43. The summed E-state index contributed by atoms with van der Waals surface area (Å²) in [6.45, 7) is 2.04. The average Bonchev–Trinajstić information content (AvgIpc) is 2.80. The molecule has 6 nitrogen and oxygen atoms in total. The highest BCUT2D eigenvalue weighted by atomic mass is 35.5. The standard InChI is InChI=1S/C23H19ClN2O2.C2HF3O2/c1-15(27)26-14-19-12-21(16-7-9-25-10-8-16)23(28-2)13-17(19)3-4-18-11-20(24)5-6-22(18)26;3-2(4,5)1(6)7/h3-13H,14H2,1-2H3;(H,6,7). The van der Waals surface area contributed by atoms with E-state index in [0.29, 0.717) is 11.6 Å². The minimum absolute atomic E-state index is 0.0221. The summed E-state index contributed by atoms with van der Waals surface area (Å²) >= 11 is 6.17. The molecule has 2 heterocycles. The van der Waals surface area contributed by atoms with Gasteiger partial charge in [0.1, 0.15) is 5.75 Å². The molecule has 0 radical (unpaired) electrons. The Bertz CT molecular complexity index is 1280. The number of anilines is 1. The van der Waals surface area contributed by atoms with E-state index in [4.69, 9.17) is 26.2 Å². The largest absolute Gasteiger partial charge is 0.496 e. The summed E-state index contributed by atoms with van der Waals surface area (Å²) in [7, 11) is 1.66. The third-order valence-electron chi connectivity index (χ3n) is 5.13. The van der Waals surface area contributed by atoms with Crippen molar-refractivity contribution in [3.63, 3.8) is 0 Å². The molecule has 0 saturated heterocycles. The van der Waals surface area contributed by atoms with Crippen molar-refractivity contribution in [1.29, 1.82) is 0 Å². The fraction of sp³-hybridized carbons (Fsp3) is 0.160. The number of carboxylic acid groups (broad SMARTS) is 1. The predicted molar refractivity (Wildman–Crippen MR) is 127 cm³/mol. The average molecular weight is 505 g/mol. The summed E-state index contributed by atoms with van der Waals surface area (Å²) in [6.07, 6.45) is 2.46. The van der Waals surface area contributed by atoms with Crippen LogP contribution in [-0.2, 0) is 16.1 Å². The molecule has 3 aromatic rings. The maximum Gasteiger partial charge on any atom is 0.490 e. The normalized spacial score (nSPS) is 12.3. The van der Waals surface area contributed by atoms with Gasteiger partial charge < -0.3 is 14.7 Å². The lowest BCUT2D eigenvalue weighted by molar-refractivity contribution is -0.192. The SMILES string of the molecule is COc1cc2c(cc1-c1ccncc1)CN(C(C)=O)c1ccc(Cl)cc1C=C2.O=C(O)C(F)(F)F. The van der Waals surface area contributed by atoms with Crippen molar-refractivity contribution >= 4 is 41.3 Å². The number of amides is 1. The van der Waals surface area contributed by atoms with Crippen molar-refractivity contribution in [2.24, 2.45) is 0 Å². The van der Waals surface area contributed by atoms with Crippen molar-refractivity contribution in [3.05, 3.63) is 76.6 Å². The summed E-state index contributed by atoms with van der Waals surface area (Å²) in [6, 6.07) is 13.6. The first kappa shape index (κ1) is 25.8. The van der Waals surface area contributed by atoms with E-state index in [1.807, 2.05) is 48.6 Å². The van der Waals surface area contributed by atoms with Gasteiger partial charge in [0, 0.05) is 29.9 Å². The van der Waals surface area contributed by atoms with Gasteiger partial charge in [-0.3, -0.25) is 9.78 Å². The van der Waals surface area contributed by atoms with Crippen LogP contribution in [0.2, 0.25) is 5.02 Å². The first-order valence-electron chi connectivity index (χ1n) is 10.2. The van der Waals surface area contributed by atoms with Gasteiger partial charge in [-0.2, -0.15) is 13.2 Å². The molecule has 35 heavy (non-hydrogen) atoms. The molecule has 0 atom stereocenters. The number of carboxylic acids is 1. The molecule has 1 amide bonds. The Kier molecular flexibility index (Phi) is 7.81. The van der Waals surface area contributed by atoms with Gasteiger partial charge in [0.05, 0.1) is 19.3 Å². The molecule has 0 fully saturated rings. The zero-order valence-corrected chi connectivity index (χ0v) is 19.4. The van der Waals surface area contributed by atoms with Crippen molar-refractivity contribution < 1.29 is 32.6 Å². The predicted octanol–water partition coefficient (Wildman–Crippen LogP) is 6.08. The number of alkyl halides is 3. The fourth-order valence-electron chi connectivity index (χ4n) is 3.48. The van der Waals surface area contributed by atoms with E-state index in [0.717, 1.165) is 39.3 Å². The van der Waals surface area contributed by atoms with E-state index >= 15 is 0 Å². The van der Waals surface area contributed by atoms with E-state index in [-0.39, 0.29) is 5.91 Å². The van der Waals surface area contributed by atoms with Gasteiger partial charge >= 0.3 is 12.1 Å². The second-order valence-corrected chi connectivity index (χ2v) is 7.87. The minimum atomic E-state index is -5.08. The Balaban J connectivity index is 0.000000429. The summed E-state index contributed by atoms with van der Waals surface area (Å²) < 4.78 is 37.4. The van der Waals surface area contributed by atoms with Crippen LogP contribution in [0.3, 0.4) is 0 Å². The lowest BCUT2D eigenvalue weighted by Gasteiger charge is -2.27. The molecule has 1 N–H and O–H groups in total. The molecular weight excluding hydrogens is 485 g/mol. The number of hydrogen-bond donors (Lipinski definition) is 1. The first-order chi connectivity index (χ1) is 16.5. The van der Waals surface area contributed by atoms with Crippen molar-refractivity contribution in [1.82, 2.24) is 4.98 Å². The number of fused-ring (bicyclic) bond motifs is 2. The topological polar surface area (TPSA) is 79.7 Å². The summed E-state index contributed by atoms with van der Waals surface area (Å²) in [5.74, 6) is -2.01. The second kappa shape index (κ2) is 10.6. The number of aliphatic carboxylic acids is 1. The van der Waals surface area contributed by atoms with Gasteiger partial charge in [-0.15, -0.1) is 0 Å². The van der Waals surface area contributed by atoms with Gasteiger partial charge in [0.25, 0.3) is 0 Å². The monoisotopic (exact) mass is 504 g/mol. The van der Waals surface area contributed by atoms with Crippen LogP contribution in [0, 0.1) is 0 Å².